The summed E-state index contributed by atoms with van der Waals surface area (Å²) < 4.78 is 5.24. The van der Waals surface area contributed by atoms with Crippen molar-refractivity contribution in [3.05, 3.63) is 35.9 Å². The minimum atomic E-state index is 0.130. The lowest BCUT2D eigenvalue weighted by Gasteiger charge is -2.22. The van der Waals surface area contributed by atoms with Gasteiger partial charge in [0.15, 0.2) is 5.96 Å². The summed E-state index contributed by atoms with van der Waals surface area (Å²) >= 11 is 0. The molecule has 0 spiro atoms. The lowest BCUT2D eigenvalue weighted by atomic mass is 10.1. The van der Waals surface area contributed by atoms with Crippen molar-refractivity contribution < 1.29 is 9.53 Å². The first-order valence-electron chi connectivity index (χ1n) is 8.86. The van der Waals surface area contributed by atoms with Crippen LogP contribution in [0.5, 0.6) is 0 Å². The molecule has 1 heterocycles. The SMILES string of the molecule is CN=C(NCCC(=O)N(C)Cc1ccccc1)N1CCC(COC)C1. The van der Waals surface area contributed by atoms with Gasteiger partial charge in [0, 0.05) is 59.7 Å². The molecule has 6 nitrogen and oxygen atoms in total. The van der Waals surface area contributed by atoms with Crippen LogP contribution in [0.25, 0.3) is 0 Å². The first kappa shape index (κ1) is 19.2. The van der Waals surface area contributed by atoms with E-state index in [-0.39, 0.29) is 5.91 Å². The summed E-state index contributed by atoms with van der Waals surface area (Å²) in [6, 6.07) is 10.0. The van der Waals surface area contributed by atoms with Gasteiger partial charge in [0.2, 0.25) is 5.91 Å². The molecule has 0 bridgehead atoms. The van der Waals surface area contributed by atoms with E-state index in [0.29, 0.717) is 25.4 Å². The Hall–Kier alpha value is -2.08. The van der Waals surface area contributed by atoms with Gasteiger partial charge in [-0.1, -0.05) is 30.3 Å². The Labute approximate surface area is 150 Å². The zero-order valence-electron chi connectivity index (χ0n) is 15.6. The number of hydrogen-bond donors (Lipinski definition) is 1. The average Bonchev–Trinajstić information content (AvgIpc) is 3.08. The first-order chi connectivity index (χ1) is 12.1. The Kier molecular flexibility index (Phi) is 7.73. The quantitative estimate of drug-likeness (QED) is 0.602. The number of nitrogens with zero attached hydrogens (tertiary/aromatic N) is 3. The van der Waals surface area contributed by atoms with Gasteiger partial charge in [-0.2, -0.15) is 0 Å². The van der Waals surface area contributed by atoms with E-state index in [1.807, 2.05) is 37.4 Å². The number of carbonyl (C=O) groups is 1. The summed E-state index contributed by atoms with van der Waals surface area (Å²) in [7, 11) is 5.38. The minimum Gasteiger partial charge on any atom is -0.384 e. The molecule has 138 valence electrons. The molecule has 1 unspecified atom stereocenters. The molecule has 1 aliphatic rings. The fraction of sp³-hybridized carbons (Fsp3) is 0.579. The van der Waals surface area contributed by atoms with Gasteiger partial charge in [-0.15, -0.1) is 0 Å². The Morgan fingerprint density at radius 1 is 1.40 bits per heavy atom. The van der Waals surface area contributed by atoms with Gasteiger partial charge in [0.25, 0.3) is 0 Å². The van der Waals surface area contributed by atoms with Gasteiger partial charge in [-0.25, -0.2) is 0 Å². The van der Waals surface area contributed by atoms with Crippen LogP contribution in [0.2, 0.25) is 0 Å². The molecule has 1 aliphatic heterocycles. The van der Waals surface area contributed by atoms with Gasteiger partial charge in [0.1, 0.15) is 0 Å². The van der Waals surface area contributed by atoms with E-state index in [0.717, 1.165) is 37.6 Å². The van der Waals surface area contributed by atoms with Crippen LogP contribution in [0.1, 0.15) is 18.4 Å². The number of nitrogens with one attached hydrogen (secondary N) is 1. The second-order valence-electron chi connectivity index (χ2n) is 6.52. The van der Waals surface area contributed by atoms with Crippen LogP contribution < -0.4 is 5.32 Å². The number of hydrogen-bond acceptors (Lipinski definition) is 3. The third-order valence-corrected chi connectivity index (χ3v) is 4.51. The lowest BCUT2D eigenvalue weighted by Crippen LogP contribution is -2.41. The van der Waals surface area contributed by atoms with E-state index in [4.69, 9.17) is 4.74 Å². The summed E-state index contributed by atoms with van der Waals surface area (Å²) in [5, 5.41) is 3.31. The fourth-order valence-corrected chi connectivity index (χ4v) is 3.15. The molecule has 0 aliphatic carbocycles. The van der Waals surface area contributed by atoms with Gasteiger partial charge in [0.05, 0.1) is 6.61 Å². The maximum atomic E-state index is 12.3. The van der Waals surface area contributed by atoms with E-state index in [2.05, 4.69) is 15.2 Å². The van der Waals surface area contributed by atoms with Crippen molar-refractivity contribution in [1.82, 2.24) is 15.1 Å². The molecule has 1 N–H and O–H groups in total. The van der Waals surface area contributed by atoms with Crippen molar-refractivity contribution in [2.45, 2.75) is 19.4 Å². The van der Waals surface area contributed by atoms with E-state index in [1.54, 1.807) is 19.1 Å². The highest BCUT2D eigenvalue weighted by molar-refractivity contribution is 5.81. The number of amides is 1. The predicted molar refractivity (Wildman–Crippen MR) is 100 cm³/mol. The monoisotopic (exact) mass is 346 g/mol. The van der Waals surface area contributed by atoms with Crippen LogP contribution in [-0.4, -0.2) is 69.1 Å². The summed E-state index contributed by atoms with van der Waals surface area (Å²) in [4.78, 5) is 20.6. The molecule has 0 radical (unpaired) electrons. The van der Waals surface area contributed by atoms with E-state index in [1.165, 1.54) is 0 Å². The van der Waals surface area contributed by atoms with Crippen molar-refractivity contribution in [2.75, 3.05) is 47.4 Å². The van der Waals surface area contributed by atoms with Crippen LogP contribution in [0.15, 0.2) is 35.3 Å². The Morgan fingerprint density at radius 2 is 2.16 bits per heavy atom. The van der Waals surface area contributed by atoms with Gasteiger partial charge in [-0.05, 0) is 12.0 Å². The normalized spacial score (nSPS) is 17.6. The lowest BCUT2D eigenvalue weighted by molar-refractivity contribution is -0.130. The molecule has 1 fully saturated rings. The minimum absolute atomic E-state index is 0.130. The summed E-state index contributed by atoms with van der Waals surface area (Å²) in [6.07, 6.45) is 1.57. The number of carbonyl (C=O) groups excluding carboxylic acids is 1. The van der Waals surface area contributed by atoms with Crippen molar-refractivity contribution in [2.24, 2.45) is 10.9 Å². The molecule has 0 aromatic heterocycles. The van der Waals surface area contributed by atoms with Crippen LogP contribution >= 0.6 is 0 Å². The van der Waals surface area contributed by atoms with Crippen molar-refractivity contribution in [3.8, 4) is 0 Å². The highest BCUT2D eigenvalue weighted by Crippen LogP contribution is 2.16. The molecule has 1 amide bonds. The molecular weight excluding hydrogens is 316 g/mol. The van der Waals surface area contributed by atoms with Crippen molar-refractivity contribution >= 4 is 11.9 Å². The molecule has 0 saturated carbocycles. The van der Waals surface area contributed by atoms with Gasteiger partial charge >= 0.3 is 0 Å². The van der Waals surface area contributed by atoms with Gasteiger partial charge < -0.3 is 19.9 Å². The topological polar surface area (TPSA) is 57.2 Å². The average molecular weight is 346 g/mol. The van der Waals surface area contributed by atoms with Crippen molar-refractivity contribution in [1.29, 1.82) is 0 Å². The second-order valence-corrected chi connectivity index (χ2v) is 6.52. The van der Waals surface area contributed by atoms with Crippen molar-refractivity contribution in [3.63, 3.8) is 0 Å². The number of benzene rings is 1. The fourth-order valence-electron chi connectivity index (χ4n) is 3.15. The highest BCUT2D eigenvalue weighted by Gasteiger charge is 2.24. The number of rotatable bonds is 7. The Balaban J connectivity index is 1.72. The molecule has 1 atom stereocenters. The Morgan fingerprint density at radius 3 is 2.84 bits per heavy atom. The third-order valence-electron chi connectivity index (χ3n) is 4.51. The summed E-state index contributed by atoms with van der Waals surface area (Å²) in [5.41, 5.74) is 1.14. The van der Waals surface area contributed by atoms with Crippen LogP contribution in [-0.2, 0) is 16.1 Å². The van der Waals surface area contributed by atoms with E-state index in [9.17, 15) is 4.79 Å². The van der Waals surface area contributed by atoms with Crippen LogP contribution in [0.3, 0.4) is 0 Å². The van der Waals surface area contributed by atoms with Gasteiger partial charge in [-0.3, -0.25) is 9.79 Å². The number of guanidine groups is 1. The first-order valence-corrected chi connectivity index (χ1v) is 8.86. The van der Waals surface area contributed by atoms with Crippen LogP contribution in [0.4, 0.5) is 0 Å². The molecule has 25 heavy (non-hydrogen) atoms. The molecule has 6 heteroatoms. The molecule has 1 aromatic rings. The third kappa shape index (κ3) is 6.05. The molecule has 1 saturated heterocycles. The standard InChI is InChI=1S/C19H30N4O2/c1-20-19(23-12-10-17(14-23)15-25-3)21-11-9-18(24)22(2)13-16-7-5-4-6-8-16/h4-8,17H,9-15H2,1-3H3,(H,20,21). The van der Waals surface area contributed by atoms with E-state index < -0.39 is 0 Å². The predicted octanol–water partition coefficient (Wildman–Crippen LogP) is 1.58. The number of ether oxygens (including phenoxy) is 1. The largest absolute Gasteiger partial charge is 0.384 e. The summed E-state index contributed by atoms with van der Waals surface area (Å²) in [6.45, 7) is 3.95. The van der Waals surface area contributed by atoms with E-state index >= 15 is 0 Å². The number of aliphatic imine (C=N–C) groups is 1. The maximum absolute atomic E-state index is 12.3. The maximum Gasteiger partial charge on any atom is 0.224 e. The molecular formula is C19H30N4O2. The Bertz CT molecular complexity index is 562. The summed E-state index contributed by atoms with van der Waals surface area (Å²) in [5.74, 6) is 1.56. The van der Waals surface area contributed by atoms with Crippen LogP contribution in [0, 0.1) is 5.92 Å². The second kappa shape index (κ2) is 10.0. The number of methoxy groups -OCH3 is 1. The molecule has 1 aromatic carbocycles. The zero-order chi connectivity index (χ0) is 18.1. The smallest absolute Gasteiger partial charge is 0.224 e. The zero-order valence-corrected chi connectivity index (χ0v) is 15.6. The molecule has 2 rings (SSSR count). The highest BCUT2D eigenvalue weighted by atomic mass is 16.5. The number of likely N-dealkylation sites (tertiary alicyclic amines) is 1.